The van der Waals surface area contributed by atoms with Crippen LogP contribution in [0.25, 0.3) is 34.8 Å². The summed E-state index contributed by atoms with van der Waals surface area (Å²) in [5, 5.41) is 179. The van der Waals surface area contributed by atoms with Crippen molar-refractivity contribution in [1.29, 1.82) is 0 Å². The molecule has 4 fully saturated rings. The standard InChI is InChI=1S/C57H62O31/c58-18-35-41(67)45(71)49(75)54(84-35)81-32-16-26(61)15-31-27(32)17-34(52(80-31)24-5-7-25(60)8-6-24)83-57-53(48(74)44(70)38(87-57)21-79-39(65)11-3-22-1-9-28(62)30(64)13-22)88-56-51(77)47(73)43(69)37(86-56)20-78-40(66)12-4-23-2-10-29(63)33(14-23)82-55-50(76)46(72)42(68)36(19-59)85-55/h1-17,35-38,41-51,53-60,62-64,67-77H,18-21H2. The van der Waals surface area contributed by atoms with Gasteiger partial charge in [0, 0.05) is 29.8 Å². The Hall–Kier alpha value is -7.61. The fourth-order valence-corrected chi connectivity index (χ4v) is 9.60. The zero-order valence-corrected chi connectivity index (χ0v) is 45.5. The Balaban J connectivity index is 0.983. The van der Waals surface area contributed by atoms with Crippen molar-refractivity contribution < 1.29 is 148 Å². The molecule has 20 unspecified atom stereocenters. The summed E-state index contributed by atoms with van der Waals surface area (Å²) in [6.45, 7) is -3.32. The third-order valence-corrected chi connectivity index (χ3v) is 14.5. The molecule has 31 heteroatoms. The van der Waals surface area contributed by atoms with Gasteiger partial charge in [0.25, 0.3) is 0 Å². The number of benzene rings is 4. The second-order valence-corrected chi connectivity index (χ2v) is 20.6. The summed E-state index contributed by atoms with van der Waals surface area (Å²) >= 11 is 0. The van der Waals surface area contributed by atoms with Crippen molar-refractivity contribution in [3.05, 3.63) is 112 Å². The number of aliphatic hydroxyl groups excluding tert-OH is 13. The highest BCUT2D eigenvalue weighted by Crippen LogP contribution is 2.44. The van der Waals surface area contributed by atoms with E-state index in [1.165, 1.54) is 60.7 Å². The molecule has 3 aromatic rings. The highest BCUT2D eigenvalue weighted by Gasteiger charge is 2.53. The molecular formula is C57H62O31. The highest BCUT2D eigenvalue weighted by molar-refractivity contribution is 5.88. The van der Waals surface area contributed by atoms with Crippen LogP contribution in [-0.4, -0.2) is 248 Å². The van der Waals surface area contributed by atoms with Crippen molar-refractivity contribution in [2.75, 3.05) is 26.4 Å². The number of esters is 2. The number of aromatic hydroxyl groups is 4. The molecule has 0 aromatic heterocycles. The van der Waals surface area contributed by atoms with Gasteiger partial charge in [-0.25, -0.2) is 9.59 Å². The van der Waals surface area contributed by atoms with Gasteiger partial charge in [-0.05, 0) is 77.9 Å². The average molecular weight is 1240 g/mol. The molecule has 0 amide bonds. The van der Waals surface area contributed by atoms with Crippen LogP contribution in [0.15, 0.2) is 100 Å². The lowest BCUT2D eigenvalue weighted by Crippen LogP contribution is -2.65. The fraction of sp³-hybridized carbons (Fsp3) is 0.421. The minimum absolute atomic E-state index is 0.125. The summed E-state index contributed by atoms with van der Waals surface area (Å²) < 4.78 is 63.5. The molecule has 0 radical (unpaired) electrons. The molecule has 3 aromatic carbocycles. The van der Waals surface area contributed by atoms with E-state index in [0.717, 1.165) is 42.5 Å². The van der Waals surface area contributed by atoms with Gasteiger partial charge < -0.3 is 139 Å². The molecule has 4 saturated heterocycles. The van der Waals surface area contributed by atoms with Gasteiger partial charge in [-0.3, -0.25) is 4.79 Å². The van der Waals surface area contributed by atoms with Crippen LogP contribution >= 0.6 is 0 Å². The zero-order valence-electron chi connectivity index (χ0n) is 45.5. The van der Waals surface area contributed by atoms with Crippen molar-refractivity contribution in [3.8, 4) is 62.9 Å². The van der Waals surface area contributed by atoms with Crippen LogP contribution in [0.4, 0.5) is 0 Å². The maximum Gasteiger partial charge on any atom is 0.330 e. The van der Waals surface area contributed by atoms with E-state index >= 15 is 0 Å². The summed E-state index contributed by atoms with van der Waals surface area (Å²) in [4.78, 5) is 39.3. The molecule has 88 heavy (non-hydrogen) atoms. The first kappa shape index (κ1) is 64.9. The number of phenolic OH excluding ortho intramolecular Hbond substituents is 4. The number of carbonyl (C=O) groups excluding carboxylic acids is 2. The molecule has 9 rings (SSSR count). The molecule has 0 saturated carbocycles. The first-order chi connectivity index (χ1) is 41.9. The van der Waals surface area contributed by atoms with Gasteiger partial charge >= 0.3 is 11.9 Å². The Morgan fingerprint density at radius 2 is 0.932 bits per heavy atom. The Morgan fingerprint density at radius 1 is 0.455 bits per heavy atom. The normalized spacial score (nSPS) is 32.6. The number of rotatable bonds is 19. The maximum absolute atomic E-state index is 13.2. The average Bonchev–Trinajstić information content (AvgIpc) is 3.53. The lowest BCUT2D eigenvalue weighted by molar-refractivity contribution is -0.358. The molecule has 5 heterocycles. The predicted molar refractivity (Wildman–Crippen MR) is 288 cm³/mol. The van der Waals surface area contributed by atoms with E-state index in [4.69, 9.17) is 51.8 Å². The smallest absolute Gasteiger partial charge is 0.330 e. The monoisotopic (exact) mass is 1240 g/mol. The molecule has 20 atom stereocenters. The highest BCUT2D eigenvalue weighted by atomic mass is 16.8. The predicted octanol–water partition coefficient (Wildman–Crippen LogP) is -3.88. The first-order valence-corrected chi connectivity index (χ1v) is 26.9. The fourth-order valence-electron chi connectivity index (χ4n) is 9.60. The second-order valence-electron chi connectivity index (χ2n) is 20.6. The molecule has 6 aliphatic rings. The van der Waals surface area contributed by atoms with E-state index in [0.29, 0.717) is 0 Å². The number of carbonyl (C=O) groups is 2. The number of phenols is 4. The van der Waals surface area contributed by atoms with Crippen LogP contribution in [0.1, 0.15) is 11.1 Å². The van der Waals surface area contributed by atoms with Gasteiger partial charge in [-0.15, -0.1) is 0 Å². The van der Waals surface area contributed by atoms with Crippen LogP contribution in [0, 0.1) is 0 Å². The lowest BCUT2D eigenvalue weighted by atomic mass is 9.97. The van der Waals surface area contributed by atoms with Crippen LogP contribution in [-0.2, 0) is 42.7 Å². The van der Waals surface area contributed by atoms with Crippen LogP contribution < -0.4 is 19.6 Å². The summed E-state index contributed by atoms with van der Waals surface area (Å²) in [7, 11) is 0. The Morgan fingerprint density at radius 3 is 1.49 bits per heavy atom. The van der Waals surface area contributed by atoms with E-state index in [-0.39, 0.29) is 45.3 Å². The molecule has 476 valence electrons. The largest absolute Gasteiger partial charge is 0.508 e. The van der Waals surface area contributed by atoms with Gasteiger partial charge in [-0.1, -0.05) is 12.1 Å². The number of aliphatic hydroxyl groups is 13. The topological polar surface area (TPSA) is 501 Å². The zero-order chi connectivity index (χ0) is 63.4. The first-order valence-electron chi connectivity index (χ1n) is 26.9. The van der Waals surface area contributed by atoms with Gasteiger partial charge in [0.05, 0.1) is 18.8 Å². The Labute approximate surface area is 495 Å². The van der Waals surface area contributed by atoms with E-state index < -0.39 is 195 Å². The summed E-state index contributed by atoms with van der Waals surface area (Å²) in [6, 6.07) is 15.6. The molecule has 0 bridgehead atoms. The van der Waals surface area contributed by atoms with E-state index in [1.807, 2.05) is 0 Å². The molecule has 5 aliphatic heterocycles. The van der Waals surface area contributed by atoms with Crippen LogP contribution in [0.3, 0.4) is 0 Å². The van der Waals surface area contributed by atoms with E-state index in [9.17, 15) is 101 Å². The van der Waals surface area contributed by atoms with Crippen molar-refractivity contribution >= 4 is 24.1 Å². The summed E-state index contributed by atoms with van der Waals surface area (Å²) in [5.74, 6) is -5.44. The third-order valence-electron chi connectivity index (χ3n) is 14.5. The summed E-state index contributed by atoms with van der Waals surface area (Å²) in [6.07, 6.45) is -33.6. The van der Waals surface area contributed by atoms with Crippen molar-refractivity contribution in [1.82, 2.24) is 0 Å². The quantitative estimate of drug-likeness (QED) is 0.0214. The van der Waals surface area contributed by atoms with Crippen molar-refractivity contribution in [2.45, 2.75) is 123 Å². The van der Waals surface area contributed by atoms with Crippen molar-refractivity contribution in [3.63, 3.8) is 0 Å². The molecular weight excluding hydrogens is 1180 g/mol. The number of hydrogen-bond acceptors (Lipinski definition) is 31. The molecule has 17 N–H and O–H groups in total. The second kappa shape index (κ2) is 27.8. The molecule has 1 aliphatic carbocycles. The van der Waals surface area contributed by atoms with Crippen molar-refractivity contribution in [2.24, 2.45) is 0 Å². The molecule has 31 nitrogen and oxygen atoms in total. The lowest BCUT2D eigenvalue weighted by Gasteiger charge is -2.46. The number of fused-ring (bicyclic) bond motifs is 1. The molecule has 0 spiro atoms. The van der Waals surface area contributed by atoms with Gasteiger partial charge in [0.2, 0.25) is 18.9 Å². The Kier molecular flexibility index (Phi) is 20.5. The van der Waals surface area contributed by atoms with E-state index in [2.05, 4.69) is 0 Å². The number of ether oxygens (including phenoxy) is 10. The van der Waals surface area contributed by atoms with E-state index in [1.54, 1.807) is 0 Å². The maximum atomic E-state index is 13.2. The Bertz CT molecular complexity index is 3290. The third kappa shape index (κ3) is 14.4. The summed E-state index contributed by atoms with van der Waals surface area (Å²) in [5.41, 5.74) is -0.353. The minimum atomic E-state index is -2.20. The van der Waals surface area contributed by atoms with Gasteiger partial charge in [0.15, 0.2) is 52.3 Å². The van der Waals surface area contributed by atoms with Crippen LogP contribution in [0.5, 0.6) is 40.2 Å². The minimum Gasteiger partial charge on any atom is -0.508 e. The van der Waals surface area contributed by atoms with Gasteiger partial charge in [-0.2, -0.15) is 0 Å². The number of hydrogen-bond donors (Lipinski definition) is 17. The van der Waals surface area contributed by atoms with Gasteiger partial charge in [0.1, 0.15) is 122 Å². The van der Waals surface area contributed by atoms with Crippen LogP contribution in [0.2, 0.25) is 0 Å². The SMILES string of the molecule is O=C(C=Cc1ccc(O)c(OC2OC(CO)C(O)C(O)C2O)c1)OCC1OC(OC2C(Oc3cc4c(OC5OC(CO)C(O)C(O)C5O)cc(=O)cc-4oc3-c3ccc(O)cc3)OC(COC(=O)C=Cc3ccc(O)c(O)c3)C(O)C2O)C(O)C(O)C1O.